The molecule has 0 aliphatic rings. The summed E-state index contributed by atoms with van der Waals surface area (Å²) in [5.41, 5.74) is 1.24. The van der Waals surface area contributed by atoms with Crippen LogP contribution in [0.5, 0.6) is 5.75 Å². The Balaban J connectivity index is 1.84. The summed E-state index contributed by atoms with van der Waals surface area (Å²) in [6.07, 6.45) is -0.843. The molecule has 1 N–H and O–H groups in total. The van der Waals surface area contributed by atoms with Crippen LogP contribution in [0, 0.1) is 12.8 Å². The lowest BCUT2D eigenvalue weighted by atomic mass is 10.2. The van der Waals surface area contributed by atoms with E-state index in [-0.39, 0.29) is 5.91 Å². The molecule has 1 aromatic carbocycles. The quantitative estimate of drug-likeness (QED) is 0.715. The average Bonchev–Trinajstić information content (AvgIpc) is 3.03. The third-order valence-corrected chi connectivity index (χ3v) is 4.30. The van der Waals surface area contributed by atoms with Crippen molar-refractivity contribution in [3.63, 3.8) is 0 Å². The summed E-state index contributed by atoms with van der Waals surface area (Å²) < 4.78 is 10.8. The number of ether oxygens (including phenoxy) is 2. The van der Waals surface area contributed by atoms with E-state index in [1.807, 2.05) is 26.2 Å². The molecule has 0 fully saturated rings. The SMILES string of the molecule is Cc1nc(COc2ccc(C(=O)O[C@@H](C)C(=O)NCC(C)C)cc2)cs1. The van der Waals surface area contributed by atoms with Crippen molar-refractivity contribution in [2.24, 2.45) is 5.92 Å². The molecule has 0 bridgehead atoms. The lowest BCUT2D eigenvalue weighted by Crippen LogP contribution is -2.37. The van der Waals surface area contributed by atoms with Gasteiger partial charge >= 0.3 is 5.97 Å². The van der Waals surface area contributed by atoms with E-state index in [0.29, 0.717) is 30.4 Å². The minimum Gasteiger partial charge on any atom is -0.487 e. The molecule has 140 valence electrons. The molecule has 2 aromatic rings. The highest BCUT2D eigenvalue weighted by molar-refractivity contribution is 7.09. The Labute approximate surface area is 157 Å². The Hall–Kier alpha value is -2.41. The average molecular weight is 376 g/mol. The Morgan fingerprint density at radius 2 is 1.88 bits per heavy atom. The van der Waals surface area contributed by atoms with Crippen LogP contribution >= 0.6 is 11.3 Å². The molecular weight excluding hydrogens is 352 g/mol. The van der Waals surface area contributed by atoms with E-state index in [9.17, 15) is 9.59 Å². The van der Waals surface area contributed by atoms with Crippen LogP contribution < -0.4 is 10.1 Å². The monoisotopic (exact) mass is 376 g/mol. The summed E-state index contributed by atoms with van der Waals surface area (Å²) in [6, 6.07) is 6.62. The van der Waals surface area contributed by atoms with Crippen LogP contribution in [0.2, 0.25) is 0 Å². The number of carbonyl (C=O) groups excluding carboxylic acids is 2. The number of benzene rings is 1. The first-order valence-corrected chi connectivity index (χ1v) is 9.35. The lowest BCUT2D eigenvalue weighted by molar-refractivity contribution is -0.129. The Bertz CT molecular complexity index is 740. The molecule has 0 radical (unpaired) electrons. The Morgan fingerprint density at radius 1 is 1.19 bits per heavy atom. The number of aryl methyl sites for hydroxylation is 1. The first-order valence-electron chi connectivity index (χ1n) is 8.47. The zero-order valence-corrected chi connectivity index (χ0v) is 16.3. The second kappa shape index (κ2) is 9.33. The maximum Gasteiger partial charge on any atom is 0.338 e. The molecule has 1 aromatic heterocycles. The number of aromatic nitrogens is 1. The van der Waals surface area contributed by atoms with E-state index in [1.54, 1.807) is 42.5 Å². The second-order valence-corrected chi connectivity index (χ2v) is 7.42. The zero-order chi connectivity index (χ0) is 19.1. The highest BCUT2D eigenvalue weighted by Gasteiger charge is 2.18. The fraction of sp³-hybridized carbons (Fsp3) is 0.421. The van der Waals surface area contributed by atoms with Gasteiger partial charge in [0.1, 0.15) is 12.4 Å². The van der Waals surface area contributed by atoms with E-state index < -0.39 is 12.1 Å². The number of nitrogens with zero attached hydrogens (tertiary/aromatic N) is 1. The largest absolute Gasteiger partial charge is 0.487 e. The van der Waals surface area contributed by atoms with Gasteiger partial charge in [0.2, 0.25) is 0 Å². The number of thiazole rings is 1. The molecule has 2 rings (SSSR count). The normalized spacial score (nSPS) is 11.9. The summed E-state index contributed by atoms with van der Waals surface area (Å²) in [7, 11) is 0. The van der Waals surface area contributed by atoms with Crippen molar-refractivity contribution in [2.75, 3.05) is 6.54 Å². The summed E-state index contributed by atoms with van der Waals surface area (Å²) >= 11 is 1.57. The summed E-state index contributed by atoms with van der Waals surface area (Å²) in [5, 5.41) is 5.69. The first kappa shape index (κ1) is 19.9. The zero-order valence-electron chi connectivity index (χ0n) is 15.4. The van der Waals surface area contributed by atoms with Gasteiger partial charge in [0.15, 0.2) is 6.10 Å². The number of nitrogens with one attached hydrogen (secondary N) is 1. The number of carbonyl (C=O) groups is 2. The first-order chi connectivity index (χ1) is 12.3. The maximum atomic E-state index is 12.1. The molecule has 0 aliphatic heterocycles. The standard InChI is InChI=1S/C19H24N2O4S/c1-12(2)9-20-18(22)13(3)25-19(23)15-5-7-17(8-6-15)24-10-16-11-26-14(4)21-16/h5-8,11-13H,9-10H2,1-4H3,(H,20,22)/t13-/m0/s1. The van der Waals surface area contributed by atoms with Crippen molar-refractivity contribution in [1.82, 2.24) is 10.3 Å². The highest BCUT2D eigenvalue weighted by atomic mass is 32.1. The molecule has 26 heavy (non-hydrogen) atoms. The highest BCUT2D eigenvalue weighted by Crippen LogP contribution is 2.16. The van der Waals surface area contributed by atoms with Crippen LogP contribution in [0.4, 0.5) is 0 Å². The van der Waals surface area contributed by atoms with E-state index in [4.69, 9.17) is 9.47 Å². The second-order valence-electron chi connectivity index (χ2n) is 6.36. The molecule has 1 amide bonds. The summed E-state index contributed by atoms with van der Waals surface area (Å²) in [5.74, 6) is 0.127. The van der Waals surface area contributed by atoms with Crippen LogP contribution in [0.1, 0.15) is 41.8 Å². The van der Waals surface area contributed by atoms with Gasteiger partial charge in [-0.05, 0) is 44.0 Å². The number of esters is 1. The van der Waals surface area contributed by atoms with Gasteiger partial charge in [0.05, 0.1) is 16.3 Å². The van der Waals surface area contributed by atoms with Crippen LogP contribution in [0.25, 0.3) is 0 Å². The van der Waals surface area contributed by atoms with Gasteiger partial charge in [-0.15, -0.1) is 11.3 Å². The minimum atomic E-state index is -0.843. The predicted octanol–water partition coefficient (Wildman–Crippen LogP) is 3.35. The van der Waals surface area contributed by atoms with Gasteiger partial charge in [0.25, 0.3) is 5.91 Å². The molecule has 0 saturated heterocycles. The fourth-order valence-electron chi connectivity index (χ4n) is 2.05. The smallest absolute Gasteiger partial charge is 0.338 e. The molecule has 6 nitrogen and oxygen atoms in total. The van der Waals surface area contributed by atoms with Crippen molar-refractivity contribution in [1.29, 1.82) is 0 Å². The molecule has 0 spiro atoms. The van der Waals surface area contributed by atoms with Crippen molar-refractivity contribution in [2.45, 2.75) is 40.4 Å². The summed E-state index contributed by atoms with van der Waals surface area (Å²) in [6.45, 7) is 8.42. The molecule has 0 unspecified atom stereocenters. The number of rotatable bonds is 8. The van der Waals surface area contributed by atoms with E-state index in [2.05, 4.69) is 10.3 Å². The van der Waals surface area contributed by atoms with Crippen molar-refractivity contribution in [3.05, 3.63) is 45.9 Å². The maximum absolute atomic E-state index is 12.1. The molecule has 7 heteroatoms. The van der Waals surface area contributed by atoms with Gasteiger partial charge in [-0.2, -0.15) is 0 Å². The topological polar surface area (TPSA) is 77.5 Å². The fourth-order valence-corrected chi connectivity index (χ4v) is 2.65. The number of hydrogen-bond acceptors (Lipinski definition) is 6. The van der Waals surface area contributed by atoms with Crippen LogP contribution in [0.3, 0.4) is 0 Å². The third-order valence-electron chi connectivity index (χ3n) is 3.48. The van der Waals surface area contributed by atoms with Gasteiger partial charge in [-0.25, -0.2) is 9.78 Å². The van der Waals surface area contributed by atoms with Crippen molar-refractivity contribution < 1.29 is 19.1 Å². The predicted molar refractivity (Wildman–Crippen MR) is 100 cm³/mol. The van der Waals surface area contributed by atoms with E-state index >= 15 is 0 Å². The van der Waals surface area contributed by atoms with E-state index in [1.165, 1.54) is 0 Å². The molecular formula is C19H24N2O4S. The number of hydrogen-bond donors (Lipinski definition) is 1. The van der Waals surface area contributed by atoms with Crippen molar-refractivity contribution >= 4 is 23.2 Å². The molecule has 0 aliphatic carbocycles. The number of amides is 1. The third kappa shape index (κ3) is 6.15. The minimum absolute atomic E-state index is 0.300. The molecule has 1 heterocycles. The van der Waals surface area contributed by atoms with Crippen LogP contribution in [-0.2, 0) is 16.1 Å². The van der Waals surface area contributed by atoms with Gasteiger partial charge in [0, 0.05) is 11.9 Å². The van der Waals surface area contributed by atoms with Crippen molar-refractivity contribution in [3.8, 4) is 5.75 Å². The Morgan fingerprint density at radius 3 is 2.46 bits per heavy atom. The van der Waals surface area contributed by atoms with Gasteiger partial charge < -0.3 is 14.8 Å². The van der Waals surface area contributed by atoms with Crippen LogP contribution in [-0.4, -0.2) is 29.5 Å². The molecule has 0 saturated carbocycles. The lowest BCUT2D eigenvalue weighted by Gasteiger charge is -2.14. The van der Waals surface area contributed by atoms with Crippen LogP contribution in [0.15, 0.2) is 29.6 Å². The van der Waals surface area contributed by atoms with Gasteiger partial charge in [-0.1, -0.05) is 13.8 Å². The Kier molecular flexibility index (Phi) is 7.15. The summed E-state index contributed by atoms with van der Waals surface area (Å²) in [4.78, 5) is 28.3. The van der Waals surface area contributed by atoms with Gasteiger partial charge in [-0.3, -0.25) is 4.79 Å². The van der Waals surface area contributed by atoms with E-state index in [0.717, 1.165) is 10.7 Å². The molecule has 1 atom stereocenters.